The fraction of sp³-hybridized carbons (Fsp3) is 0.353. The lowest BCUT2D eigenvalue weighted by atomic mass is 10.2. The van der Waals surface area contributed by atoms with E-state index in [4.69, 9.17) is 14.2 Å². The maximum absolute atomic E-state index is 12.5. The molecule has 0 saturated heterocycles. The van der Waals surface area contributed by atoms with Crippen molar-refractivity contribution in [2.45, 2.75) is 13.2 Å². The van der Waals surface area contributed by atoms with Gasteiger partial charge in [0.1, 0.15) is 0 Å². The molecule has 1 N–H and O–H groups in total. The number of aryl methyl sites for hydroxylation is 1. The first-order valence-corrected chi connectivity index (χ1v) is 7.60. The van der Waals surface area contributed by atoms with Gasteiger partial charge in [-0.2, -0.15) is 9.78 Å². The smallest absolute Gasteiger partial charge is 0.275 e. The Balaban J connectivity index is 2.40. The number of rotatable bonds is 7. The van der Waals surface area contributed by atoms with Crippen molar-refractivity contribution in [3.05, 3.63) is 51.9 Å². The van der Waals surface area contributed by atoms with Crippen LogP contribution in [0.2, 0.25) is 0 Å². The second-order valence-corrected chi connectivity index (χ2v) is 5.21. The van der Waals surface area contributed by atoms with E-state index in [0.717, 1.165) is 5.56 Å². The lowest BCUT2D eigenvalue weighted by Gasteiger charge is -2.15. The van der Waals surface area contributed by atoms with Crippen molar-refractivity contribution >= 4 is 5.91 Å². The first kappa shape index (κ1) is 18.6. The number of nitrogens with one attached hydrogen (secondary N) is 1. The first-order chi connectivity index (χ1) is 12.0. The van der Waals surface area contributed by atoms with Crippen molar-refractivity contribution in [2.75, 3.05) is 27.9 Å². The van der Waals surface area contributed by atoms with E-state index in [0.29, 0.717) is 5.69 Å². The molecule has 0 atom stereocenters. The van der Waals surface area contributed by atoms with E-state index in [2.05, 4.69) is 10.4 Å². The van der Waals surface area contributed by atoms with Gasteiger partial charge in [-0.25, -0.2) is 0 Å². The zero-order valence-electron chi connectivity index (χ0n) is 14.6. The Morgan fingerprint density at radius 2 is 1.92 bits per heavy atom. The van der Waals surface area contributed by atoms with Crippen molar-refractivity contribution in [1.82, 2.24) is 15.1 Å². The number of hydrogen-bond donors (Lipinski definition) is 1. The van der Waals surface area contributed by atoms with Crippen LogP contribution >= 0.6 is 0 Å². The van der Waals surface area contributed by atoms with E-state index in [1.54, 1.807) is 12.1 Å². The maximum Gasteiger partial charge on any atom is 0.275 e. The average Bonchev–Trinajstić information content (AvgIpc) is 2.62. The highest BCUT2D eigenvalue weighted by Gasteiger charge is 2.19. The van der Waals surface area contributed by atoms with Crippen LogP contribution in [0.15, 0.2) is 35.1 Å². The van der Waals surface area contributed by atoms with Gasteiger partial charge in [-0.3, -0.25) is 9.59 Å². The Morgan fingerprint density at radius 3 is 2.52 bits per heavy atom. The van der Waals surface area contributed by atoms with Gasteiger partial charge in [0.2, 0.25) is 0 Å². The predicted octanol–water partition coefficient (Wildman–Crippen LogP) is 0.898. The molecular formula is C17H21N3O5. The van der Waals surface area contributed by atoms with Gasteiger partial charge in [0.05, 0.1) is 25.4 Å². The quantitative estimate of drug-likeness (QED) is 0.748. The summed E-state index contributed by atoms with van der Waals surface area (Å²) >= 11 is 0. The fourth-order valence-corrected chi connectivity index (χ4v) is 2.25. The van der Waals surface area contributed by atoms with E-state index in [9.17, 15) is 9.59 Å². The Kier molecular flexibility index (Phi) is 6.26. The first-order valence-electron chi connectivity index (χ1n) is 7.60. The minimum absolute atomic E-state index is 0.00342. The molecule has 2 rings (SSSR count). The van der Waals surface area contributed by atoms with E-state index in [1.165, 1.54) is 32.1 Å². The van der Waals surface area contributed by atoms with Crippen molar-refractivity contribution < 1.29 is 19.0 Å². The summed E-state index contributed by atoms with van der Waals surface area (Å²) in [6.07, 6.45) is -0.586. The Labute approximate surface area is 145 Å². The number of carbonyl (C=O) groups excluding carboxylic acids is 1. The standard InChI is InChI=1S/C17H21N3O5/c1-11-7-5-6-8-12(11)20-14(21)9-13(23-2)16(19-20)17(22)18-10-15(24-3)25-4/h5-9,15H,10H2,1-4H3,(H,18,22). The van der Waals surface area contributed by atoms with Crippen LogP contribution < -0.4 is 15.6 Å². The monoisotopic (exact) mass is 347 g/mol. The van der Waals surface area contributed by atoms with E-state index in [-0.39, 0.29) is 18.0 Å². The molecule has 0 aliphatic rings. The third-order valence-corrected chi connectivity index (χ3v) is 3.63. The number of ether oxygens (including phenoxy) is 3. The van der Waals surface area contributed by atoms with Crippen LogP contribution in [0.4, 0.5) is 0 Å². The molecule has 0 radical (unpaired) electrons. The lowest BCUT2D eigenvalue weighted by molar-refractivity contribution is -0.0974. The van der Waals surface area contributed by atoms with Gasteiger partial charge in [0.25, 0.3) is 11.5 Å². The molecule has 0 aliphatic carbocycles. The van der Waals surface area contributed by atoms with Crippen LogP contribution in [-0.2, 0) is 9.47 Å². The molecule has 8 nitrogen and oxygen atoms in total. The molecular weight excluding hydrogens is 326 g/mol. The molecule has 0 fully saturated rings. The number of carbonyl (C=O) groups is 1. The maximum atomic E-state index is 12.5. The molecule has 1 aromatic heterocycles. The van der Waals surface area contributed by atoms with E-state index < -0.39 is 17.8 Å². The van der Waals surface area contributed by atoms with Gasteiger partial charge in [-0.05, 0) is 18.6 Å². The molecule has 0 unspecified atom stereocenters. The average molecular weight is 347 g/mol. The zero-order valence-corrected chi connectivity index (χ0v) is 14.6. The molecule has 1 amide bonds. The SMILES string of the molecule is COc1cc(=O)n(-c2ccccc2C)nc1C(=O)NCC(OC)OC. The van der Waals surface area contributed by atoms with Gasteiger partial charge < -0.3 is 19.5 Å². The zero-order chi connectivity index (χ0) is 18.4. The summed E-state index contributed by atoms with van der Waals surface area (Å²) in [5.41, 5.74) is 1.05. The molecule has 1 aromatic carbocycles. The van der Waals surface area contributed by atoms with Gasteiger partial charge in [-0.15, -0.1) is 0 Å². The van der Waals surface area contributed by atoms with E-state index in [1.807, 2.05) is 19.1 Å². The summed E-state index contributed by atoms with van der Waals surface area (Å²) in [5, 5.41) is 6.83. The van der Waals surface area contributed by atoms with Gasteiger partial charge in [0.15, 0.2) is 17.7 Å². The van der Waals surface area contributed by atoms with Crippen LogP contribution in [0.5, 0.6) is 5.75 Å². The van der Waals surface area contributed by atoms with Crippen LogP contribution in [-0.4, -0.2) is 49.9 Å². The topological polar surface area (TPSA) is 91.7 Å². The molecule has 25 heavy (non-hydrogen) atoms. The Hall–Kier alpha value is -2.71. The highest BCUT2D eigenvalue weighted by molar-refractivity contribution is 5.94. The summed E-state index contributed by atoms with van der Waals surface area (Å²) in [6.45, 7) is 1.98. The summed E-state index contributed by atoms with van der Waals surface area (Å²) in [6, 6.07) is 8.50. The molecule has 0 spiro atoms. The number of aromatic nitrogens is 2. The van der Waals surface area contributed by atoms with Gasteiger partial charge in [-0.1, -0.05) is 18.2 Å². The fourth-order valence-electron chi connectivity index (χ4n) is 2.25. The third kappa shape index (κ3) is 4.23. The molecule has 0 aliphatic heterocycles. The second kappa shape index (κ2) is 8.41. The highest BCUT2D eigenvalue weighted by atomic mass is 16.7. The summed E-state index contributed by atoms with van der Waals surface area (Å²) in [5.74, 6) is -0.406. The normalized spacial score (nSPS) is 10.8. The number of amides is 1. The van der Waals surface area contributed by atoms with Crippen LogP contribution in [0, 0.1) is 6.92 Å². The number of nitrogens with zero attached hydrogens (tertiary/aromatic N) is 2. The van der Waals surface area contributed by atoms with Crippen molar-refractivity contribution in [3.8, 4) is 11.4 Å². The van der Waals surface area contributed by atoms with Gasteiger partial charge in [0, 0.05) is 14.2 Å². The minimum atomic E-state index is -0.586. The molecule has 1 heterocycles. The lowest BCUT2D eigenvalue weighted by Crippen LogP contribution is -2.36. The Bertz CT molecular complexity index is 799. The summed E-state index contributed by atoms with van der Waals surface area (Å²) < 4.78 is 16.4. The van der Waals surface area contributed by atoms with Crippen molar-refractivity contribution in [2.24, 2.45) is 0 Å². The number of hydrogen-bond acceptors (Lipinski definition) is 6. The largest absolute Gasteiger partial charge is 0.494 e. The van der Waals surface area contributed by atoms with Crippen LogP contribution in [0.3, 0.4) is 0 Å². The predicted molar refractivity (Wildman–Crippen MR) is 91.3 cm³/mol. The van der Waals surface area contributed by atoms with Crippen molar-refractivity contribution in [3.63, 3.8) is 0 Å². The van der Waals surface area contributed by atoms with Gasteiger partial charge >= 0.3 is 0 Å². The van der Waals surface area contributed by atoms with Crippen molar-refractivity contribution in [1.29, 1.82) is 0 Å². The molecule has 2 aromatic rings. The summed E-state index contributed by atoms with van der Waals surface area (Å²) in [4.78, 5) is 24.8. The molecule has 134 valence electrons. The highest BCUT2D eigenvalue weighted by Crippen LogP contribution is 2.16. The van der Waals surface area contributed by atoms with E-state index >= 15 is 0 Å². The Morgan fingerprint density at radius 1 is 1.24 bits per heavy atom. The molecule has 0 saturated carbocycles. The summed E-state index contributed by atoms with van der Waals surface area (Å²) in [7, 11) is 4.31. The third-order valence-electron chi connectivity index (χ3n) is 3.63. The van der Waals surface area contributed by atoms with Crippen LogP contribution in [0.25, 0.3) is 5.69 Å². The minimum Gasteiger partial charge on any atom is -0.494 e. The molecule has 0 bridgehead atoms. The number of methoxy groups -OCH3 is 3. The number of para-hydroxylation sites is 1. The van der Waals surface area contributed by atoms with Crippen LogP contribution in [0.1, 0.15) is 16.1 Å². The molecule has 8 heteroatoms. The number of benzene rings is 1. The second-order valence-electron chi connectivity index (χ2n) is 5.21.